The molecule has 0 amide bonds. The van der Waals surface area contributed by atoms with Gasteiger partial charge in [0.25, 0.3) is 5.69 Å². The van der Waals surface area contributed by atoms with Crippen LogP contribution in [0.15, 0.2) is 12.5 Å². The summed E-state index contributed by atoms with van der Waals surface area (Å²) in [6.45, 7) is 6.68. The second kappa shape index (κ2) is 2.17. The first-order valence-corrected chi connectivity index (χ1v) is 3.08. The third kappa shape index (κ3) is 0.703. The number of fused-ring (bicyclic) bond motifs is 1. The number of aromatic nitrogens is 4. The van der Waals surface area contributed by atoms with Crippen LogP contribution >= 0.6 is 0 Å². The zero-order valence-corrected chi connectivity index (χ0v) is 5.84. The predicted octanol–water partition coefficient (Wildman–Crippen LogP) is 0.381. The highest BCUT2D eigenvalue weighted by molar-refractivity contribution is 5.67. The Balaban J connectivity index is 2.89. The highest BCUT2D eigenvalue weighted by atomic mass is 16.3. The first kappa shape index (κ1) is 6.54. The fraction of sp³-hybridized carbons (Fsp3) is 0. The van der Waals surface area contributed by atoms with Crippen LogP contribution in [-0.2, 0) is 0 Å². The summed E-state index contributed by atoms with van der Waals surface area (Å²) in [5.74, 6) is -0.183. The summed E-state index contributed by atoms with van der Waals surface area (Å²) in [4.78, 5) is 3.06. The van der Waals surface area contributed by atoms with Crippen molar-refractivity contribution in [2.24, 2.45) is 0 Å². The zero-order valence-electron chi connectivity index (χ0n) is 5.84. The molecule has 2 heterocycles. The molecular weight excluding hydrogens is 158 g/mol. The minimum absolute atomic E-state index is 0.0792. The van der Waals surface area contributed by atoms with E-state index in [9.17, 15) is 5.11 Å². The monoisotopic (exact) mass is 161 g/mol. The van der Waals surface area contributed by atoms with Crippen LogP contribution in [0.4, 0.5) is 5.69 Å². The molecule has 0 aliphatic heterocycles. The minimum Gasteiger partial charge on any atom is -0.515 e. The van der Waals surface area contributed by atoms with E-state index < -0.39 is 0 Å². The molecule has 6 nitrogen and oxygen atoms in total. The van der Waals surface area contributed by atoms with Gasteiger partial charge in [-0.05, 0) is 0 Å². The molecule has 2 rings (SSSR count). The standard InChI is InChI=1S/C6H3N5O/c1-7-4-2-9-11-3-8-10-6(11)5(4)12/h2-3,12H. The third-order valence-electron chi connectivity index (χ3n) is 1.41. The Morgan fingerprint density at radius 3 is 3.17 bits per heavy atom. The third-order valence-corrected chi connectivity index (χ3v) is 1.41. The van der Waals surface area contributed by atoms with Gasteiger partial charge in [0.15, 0.2) is 5.75 Å². The van der Waals surface area contributed by atoms with Crippen molar-refractivity contribution in [3.8, 4) is 5.75 Å². The second-order valence-electron chi connectivity index (χ2n) is 2.09. The van der Waals surface area contributed by atoms with E-state index in [-0.39, 0.29) is 17.1 Å². The highest BCUT2D eigenvalue weighted by Gasteiger charge is 2.08. The van der Waals surface area contributed by atoms with Crippen LogP contribution in [0.25, 0.3) is 10.5 Å². The van der Waals surface area contributed by atoms with Gasteiger partial charge in [-0.25, -0.2) is 4.85 Å². The van der Waals surface area contributed by atoms with Gasteiger partial charge in [-0.15, -0.1) is 10.2 Å². The molecule has 0 radical (unpaired) electrons. The lowest BCUT2D eigenvalue weighted by Gasteiger charge is -1.95. The fourth-order valence-electron chi connectivity index (χ4n) is 0.845. The molecular formula is C6H3N5O. The van der Waals surface area contributed by atoms with Gasteiger partial charge < -0.3 is 5.11 Å². The molecule has 58 valence electrons. The van der Waals surface area contributed by atoms with Crippen LogP contribution in [-0.4, -0.2) is 24.9 Å². The number of hydrogen-bond acceptors (Lipinski definition) is 4. The SMILES string of the molecule is [C-]#[N+]c1cnn2cnnc2c1O. The Morgan fingerprint density at radius 1 is 1.58 bits per heavy atom. The van der Waals surface area contributed by atoms with E-state index in [1.165, 1.54) is 17.0 Å². The molecule has 12 heavy (non-hydrogen) atoms. The molecule has 0 aliphatic carbocycles. The molecule has 2 aromatic rings. The van der Waals surface area contributed by atoms with Crippen molar-refractivity contribution in [2.45, 2.75) is 0 Å². The van der Waals surface area contributed by atoms with E-state index in [1.54, 1.807) is 0 Å². The Bertz CT molecular complexity index is 468. The van der Waals surface area contributed by atoms with Crippen molar-refractivity contribution in [3.63, 3.8) is 0 Å². The molecule has 6 heteroatoms. The molecule has 0 aromatic carbocycles. The molecule has 2 aromatic heterocycles. The van der Waals surface area contributed by atoms with E-state index >= 15 is 0 Å². The molecule has 0 spiro atoms. The van der Waals surface area contributed by atoms with Gasteiger partial charge in [-0.1, -0.05) is 0 Å². The van der Waals surface area contributed by atoms with Crippen LogP contribution in [0.3, 0.4) is 0 Å². The van der Waals surface area contributed by atoms with Crippen LogP contribution in [0.2, 0.25) is 0 Å². The van der Waals surface area contributed by atoms with E-state index in [4.69, 9.17) is 6.57 Å². The summed E-state index contributed by atoms with van der Waals surface area (Å²) in [5, 5.41) is 20.3. The van der Waals surface area contributed by atoms with Crippen LogP contribution < -0.4 is 0 Å². The number of nitrogens with zero attached hydrogens (tertiary/aromatic N) is 5. The highest BCUT2D eigenvalue weighted by Crippen LogP contribution is 2.27. The van der Waals surface area contributed by atoms with Gasteiger partial charge in [0.05, 0.1) is 12.8 Å². The molecule has 0 saturated carbocycles. The average Bonchev–Trinajstić information content (AvgIpc) is 2.53. The average molecular weight is 161 g/mol. The van der Waals surface area contributed by atoms with E-state index in [2.05, 4.69) is 20.1 Å². The van der Waals surface area contributed by atoms with Gasteiger partial charge in [0, 0.05) is 0 Å². The van der Waals surface area contributed by atoms with Crippen molar-refractivity contribution in [1.29, 1.82) is 0 Å². The normalized spacial score (nSPS) is 9.92. The summed E-state index contributed by atoms with van der Waals surface area (Å²) in [7, 11) is 0. The Morgan fingerprint density at radius 2 is 2.42 bits per heavy atom. The first-order valence-electron chi connectivity index (χ1n) is 3.08. The smallest absolute Gasteiger partial charge is 0.251 e. The Labute approximate surface area is 66.9 Å². The molecule has 0 atom stereocenters. The lowest BCUT2D eigenvalue weighted by atomic mass is 10.4. The molecule has 0 saturated heterocycles. The van der Waals surface area contributed by atoms with Crippen molar-refractivity contribution in [3.05, 3.63) is 23.9 Å². The topological polar surface area (TPSA) is 67.7 Å². The Hall–Kier alpha value is -2.16. The lowest BCUT2D eigenvalue weighted by Crippen LogP contribution is -1.88. The predicted molar refractivity (Wildman–Crippen MR) is 38.7 cm³/mol. The van der Waals surface area contributed by atoms with E-state index in [0.717, 1.165) is 0 Å². The molecule has 0 aliphatic rings. The molecule has 1 N–H and O–H groups in total. The summed E-state index contributed by atoms with van der Waals surface area (Å²) in [6.07, 6.45) is 2.61. The quantitative estimate of drug-likeness (QED) is 0.567. The summed E-state index contributed by atoms with van der Waals surface area (Å²) >= 11 is 0. The van der Waals surface area contributed by atoms with Crippen molar-refractivity contribution in [1.82, 2.24) is 19.8 Å². The fourth-order valence-corrected chi connectivity index (χ4v) is 0.845. The molecule has 0 unspecified atom stereocenters. The minimum atomic E-state index is -0.183. The van der Waals surface area contributed by atoms with Crippen molar-refractivity contribution >= 4 is 11.3 Å². The largest absolute Gasteiger partial charge is 0.515 e. The zero-order chi connectivity index (χ0) is 8.55. The van der Waals surface area contributed by atoms with Gasteiger partial charge in [0.1, 0.15) is 6.33 Å². The van der Waals surface area contributed by atoms with Gasteiger partial charge in [0.2, 0.25) is 5.65 Å². The van der Waals surface area contributed by atoms with Crippen LogP contribution in [0, 0.1) is 6.57 Å². The number of hydrogen-bond donors (Lipinski definition) is 1. The maximum atomic E-state index is 9.36. The van der Waals surface area contributed by atoms with Gasteiger partial charge >= 0.3 is 0 Å². The summed E-state index contributed by atoms with van der Waals surface area (Å²) in [5.41, 5.74) is 0.277. The maximum absolute atomic E-state index is 9.36. The molecule has 0 bridgehead atoms. The van der Waals surface area contributed by atoms with Crippen LogP contribution in [0.5, 0.6) is 5.75 Å². The summed E-state index contributed by atoms with van der Waals surface area (Å²) in [6, 6.07) is 0. The van der Waals surface area contributed by atoms with Crippen molar-refractivity contribution < 1.29 is 5.11 Å². The van der Waals surface area contributed by atoms with Crippen LogP contribution in [0.1, 0.15) is 0 Å². The van der Waals surface area contributed by atoms with Gasteiger partial charge in [-0.3, -0.25) is 0 Å². The van der Waals surface area contributed by atoms with Crippen molar-refractivity contribution in [2.75, 3.05) is 0 Å². The first-order chi connectivity index (χ1) is 5.83. The van der Waals surface area contributed by atoms with E-state index in [1.807, 2.05) is 0 Å². The number of rotatable bonds is 0. The van der Waals surface area contributed by atoms with E-state index in [0.29, 0.717) is 0 Å². The lowest BCUT2D eigenvalue weighted by molar-refractivity contribution is 0.479. The number of aromatic hydroxyl groups is 1. The summed E-state index contributed by atoms with van der Waals surface area (Å²) < 4.78 is 1.30. The maximum Gasteiger partial charge on any atom is 0.251 e. The molecule has 0 fully saturated rings. The second-order valence-corrected chi connectivity index (χ2v) is 2.09. The van der Waals surface area contributed by atoms with Gasteiger partial charge in [-0.2, -0.15) is 9.61 Å². The Kier molecular flexibility index (Phi) is 1.18.